The van der Waals surface area contributed by atoms with E-state index in [0.717, 1.165) is 24.8 Å². The molecule has 1 N–H and O–H groups in total. The Morgan fingerprint density at radius 3 is 2.85 bits per heavy atom. The van der Waals surface area contributed by atoms with Crippen LogP contribution in [-0.4, -0.2) is 41.1 Å². The van der Waals surface area contributed by atoms with Crippen LogP contribution in [0.4, 0.5) is 0 Å². The standard InChI is InChI=1S/C10H20BrNO/c1-9-4-7-12(8-10(9)13)6-3-2-5-11/h9-10,13H,2-8H2,1H3. The van der Waals surface area contributed by atoms with Gasteiger partial charge in [0.2, 0.25) is 0 Å². The fourth-order valence-electron chi connectivity index (χ4n) is 1.75. The highest BCUT2D eigenvalue weighted by Gasteiger charge is 2.23. The fraction of sp³-hybridized carbons (Fsp3) is 1.00. The first kappa shape index (κ1) is 11.5. The first-order valence-corrected chi connectivity index (χ1v) is 6.32. The van der Waals surface area contributed by atoms with Gasteiger partial charge < -0.3 is 10.0 Å². The van der Waals surface area contributed by atoms with Crippen LogP contribution in [0.5, 0.6) is 0 Å². The summed E-state index contributed by atoms with van der Waals surface area (Å²) in [6, 6.07) is 0. The summed E-state index contributed by atoms with van der Waals surface area (Å²) in [5.74, 6) is 0.493. The number of aliphatic hydroxyl groups is 1. The highest BCUT2D eigenvalue weighted by atomic mass is 79.9. The molecule has 1 heterocycles. The molecule has 2 atom stereocenters. The summed E-state index contributed by atoms with van der Waals surface area (Å²) in [6.07, 6.45) is 3.53. The number of hydrogen-bond donors (Lipinski definition) is 1. The number of β-amino-alcohol motifs (C(OH)–C–C–N with tert-alkyl or cyclic N) is 1. The predicted molar refractivity (Wildman–Crippen MR) is 59.3 cm³/mol. The van der Waals surface area contributed by atoms with E-state index in [0.29, 0.717) is 5.92 Å². The van der Waals surface area contributed by atoms with Crippen molar-refractivity contribution >= 4 is 15.9 Å². The van der Waals surface area contributed by atoms with Gasteiger partial charge >= 0.3 is 0 Å². The molecule has 1 fully saturated rings. The summed E-state index contributed by atoms with van der Waals surface area (Å²) in [4.78, 5) is 2.38. The number of piperidine rings is 1. The molecule has 2 unspecified atom stereocenters. The Hall–Kier alpha value is 0.400. The van der Waals surface area contributed by atoms with Crippen LogP contribution in [0.25, 0.3) is 0 Å². The first-order chi connectivity index (χ1) is 6.24. The Morgan fingerprint density at radius 2 is 2.23 bits per heavy atom. The lowest BCUT2D eigenvalue weighted by atomic mass is 9.96. The zero-order valence-electron chi connectivity index (χ0n) is 8.38. The molecule has 0 aromatic heterocycles. The monoisotopic (exact) mass is 249 g/mol. The van der Waals surface area contributed by atoms with Crippen molar-refractivity contribution in [1.82, 2.24) is 4.90 Å². The van der Waals surface area contributed by atoms with E-state index < -0.39 is 0 Å². The molecular formula is C10H20BrNO. The number of alkyl halides is 1. The van der Waals surface area contributed by atoms with Crippen molar-refractivity contribution in [3.63, 3.8) is 0 Å². The number of aliphatic hydroxyl groups excluding tert-OH is 1. The molecule has 1 aliphatic rings. The van der Waals surface area contributed by atoms with E-state index in [1.54, 1.807) is 0 Å². The Balaban J connectivity index is 2.14. The van der Waals surface area contributed by atoms with Crippen molar-refractivity contribution < 1.29 is 5.11 Å². The average molecular weight is 250 g/mol. The minimum atomic E-state index is -0.0993. The smallest absolute Gasteiger partial charge is 0.0693 e. The third-order valence-corrected chi connectivity index (χ3v) is 3.42. The third kappa shape index (κ3) is 3.96. The largest absolute Gasteiger partial charge is 0.392 e. The average Bonchev–Trinajstić information content (AvgIpc) is 2.12. The van der Waals surface area contributed by atoms with E-state index >= 15 is 0 Å². The molecule has 0 amide bonds. The van der Waals surface area contributed by atoms with Crippen LogP contribution in [0, 0.1) is 5.92 Å². The summed E-state index contributed by atoms with van der Waals surface area (Å²) in [5.41, 5.74) is 0. The second-order valence-electron chi connectivity index (χ2n) is 4.03. The van der Waals surface area contributed by atoms with E-state index in [9.17, 15) is 5.11 Å². The van der Waals surface area contributed by atoms with Gasteiger partial charge in [-0.25, -0.2) is 0 Å². The molecule has 0 aliphatic carbocycles. The van der Waals surface area contributed by atoms with Crippen LogP contribution in [-0.2, 0) is 0 Å². The lowest BCUT2D eigenvalue weighted by Gasteiger charge is -2.34. The summed E-state index contributed by atoms with van der Waals surface area (Å²) in [5, 5.41) is 10.8. The summed E-state index contributed by atoms with van der Waals surface area (Å²) in [7, 11) is 0. The molecule has 0 aromatic rings. The maximum Gasteiger partial charge on any atom is 0.0693 e. The molecule has 0 aromatic carbocycles. The van der Waals surface area contributed by atoms with Crippen molar-refractivity contribution in [3.8, 4) is 0 Å². The highest BCUT2D eigenvalue weighted by molar-refractivity contribution is 9.09. The van der Waals surface area contributed by atoms with Crippen molar-refractivity contribution in [2.45, 2.75) is 32.3 Å². The molecule has 0 radical (unpaired) electrons. The second-order valence-corrected chi connectivity index (χ2v) is 4.82. The van der Waals surface area contributed by atoms with Gasteiger partial charge in [-0.15, -0.1) is 0 Å². The first-order valence-electron chi connectivity index (χ1n) is 5.20. The van der Waals surface area contributed by atoms with Gasteiger partial charge in [0.05, 0.1) is 6.10 Å². The Bertz CT molecular complexity index is 143. The number of hydrogen-bond acceptors (Lipinski definition) is 2. The Morgan fingerprint density at radius 1 is 1.46 bits per heavy atom. The minimum absolute atomic E-state index is 0.0993. The summed E-state index contributed by atoms with van der Waals surface area (Å²) in [6.45, 7) is 5.33. The van der Waals surface area contributed by atoms with Crippen LogP contribution >= 0.6 is 15.9 Å². The fourth-order valence-corrected chi connectivity index (χ4v) is 2.14. The van der Waals surface area contributed by atoms with Crippen LogP contribution in [0.15, 0.2) is 0 Å². The SMILES string of the molecule is CC1CCN(CCCCBr)CC1O. The molecule has 1 aliphatic heterocycles. The molecule has 0 saturated carbocycles. The van der Waals surface area contributed by atoms with Gasteiger partial charge in [-0.1, -0.05) is 22.9 Å². The quantitative estimate of drug-likeness (QED) is 0.608. The lowest BCUT2D eigenvalue weighted by molar-refractivity contribution is 0.0288. The molecule has 3 heteroatoms. The molecule has 1 rings (SSSR count). The number of unbranched alkanes of at least 4 members (excludes halogenated alkanes) is 1. The zero-order chi connectivity index (χ0) is 9.68. The number of halogens is 1. The van der Waals surface area contributed by atoms with Gasteiger partial charge in [0.1, 0.15) is 0 Å². The summed E-state index contributed by atoms with van der Waals surface area (Å²) >= 11 is 3.43. The van der Waals surface area contributed by atoms with Gasteiger partial charge in [-0.3, -0.25) is 0 Å². The molecular weight excluding hydrogens is 230 g/mol. The van der Waals surface area contributed by atoms with Crippen LogP contribution in [0.1, 0.15) is 26.2 Å². The number of nitrogens with zero attached hydrogens (tertiary/aromatic N) is 1. The molecule has 0 spiro atoms. The van der Waals surface area contributed by atoms with Gasteiger partial charge in [-0.2, -0.15) is 0 Å². The second kappa shape index (κ2) is 5.99. The van der Waals surface area contributed by atoms with E-state index in [1.807, 2.05) is 0 Å². The molecule has 0 bridgehead atoms. The van der Waals surface area contributed by atoms with Gasteiger partial charge in [0.25, 0.3) is 0 Å². The van der Waals surface area contributed by atoms with Crippen molar-refractivity contribution in [1.29, 1.82) is 0 Å². The minimum Gasteiger partial charge on any atom is -0.392 e. The van der Waals surface area contributed by atoms with Gasteiger partial charge in [0, 0.05) is 11.9 Å². The van der Waals surface area contributed by atoms with Crippen molar-refractivity contribution in [2.24, 2.45) is 5.92 Å². The number of likely N-dealkylation sites (tertiary alicyclic amines) is 1. The van der Waals surface area contributed by atoms with Gasteiger partial charge in [-0.05, 0) is 38.3 Å². The summed E-state index contributed by atoms with van der Waals surface area (Å²) < 4.78 is 0. The predicted octanol–water partition coefficient (Wildman–Crippen LogP) is 1.86. The normalized spacial score (nSPS) is 30.7. The molecule has 78 valence electrons. The van der Waals surface area contributed by atoms with Crippen LogP contribution < -0.4 is 0 Å². The molecule has 2 nitrogen and oxygen atoms in total. The van der Waals surface area contributed by atoms with Crippen LogP contribution in [0.3, 0.4) is 0 Å². The lowest BCUT2D eigenvalue weighted by Crippen LogP contribution is -2.43. The maximum absolute atomic E-state index is 9.65. The Kier molecular flexibility index (Phi) is 5.29. The van der Waals surface area contributed by atoms with Crippen molar-refractivity contribution in [3.05, 3.63) is 0 Å². The van der Waals surface area contributed by atoms with E-state index in [-0.39, 0.29) is 6.10 Å². The number of rotatable bonds is 4. The molecule has 1 saturated heterocycles. The van der Waals surface area contributed by atoms with Crippen molar-refractivity contribution in [2.75, 3.05) is 25.0 Å². The Labute approximate surface area is 89.4 Å². The highest BCUT2D eigenvalue weighted by Crippen LogP contribution is 2.17. The third-order valence-electron chi connectivity index (χ3n) is 2.86. The van der Waals surface area contributed by atoms with Crippen LogP contribution in [0.2, 0.25) is 0 Å². The maximum atomic E-state index is 9.65. The van der Waals surface area contributed by atoms with E-state index in [4.69, 9.17) is 0 Å². The zero-order valence-corrected chi connectivity index (χ0v) is 9.96. The van der Waals surface area contributed by atoms with Gasteiger partial charge in [0.15, 0.2) is 0 Å². The van der Waals surface area contributed by atoms with E-state index in [2.05, 4.69) is 27.8 Å². The van der Waals surface area contributed by atoms with E-state index in [1.165, 1.54) is 19.4 Å². The molecule has 13 heavy (non-hydrogen) atoms. The topological polar surface area (TPSA) is 23.5 Å².